The maximum atomic E-state index is 12.8. The monoisotopic (exact) mass is 337 g/mol. The molecule has 0 aromatic carbocycles. The molecule has 0 saturated carbocycles. The molecule has 0 spiro atoms. The van der Waals surface area contributed by atoms with Crippen molar-refractivity contribution >= 4 is 27.5 Å². The summed E-state index contributed by atoms with van der Waals surface area (Å²) in [4.78, 5) is 19.2. The number of hydrogen-bond acceptors (Lipinski definition) is 2. The van der Waals surface area contributed by atoms with Gasteiger partial charge < -0.3 is 4.90 Å². The molecule has 0 aliphatic heterocycles. The first-order valence-electron chi connectivity index (χ1n) is 7.02. The van der Waals surface area contributed by atoms with E-state index < -0.39 is 0 Å². The summed E-state index contributed by atoms with van der Waals surface area (Å²) < 4.78 is 2.81. The second-order valence-electron chi connectivity index (χ2n) is 4.91. The lowest BCUT2D eigenvalue weighted by molar-refractivity contribution is 0.0748. The van der Waals surface area contributed by atoms with Crippen LogP contribution in [0.2, 0.25) is 0 Å². The summed E-state index contributed by atoms with van der Waals surface area (Å²) >= 11 is 3.45. The van der Waals surface area contributed by atoms with Crippen LogP contribution in [0.4, 0.5) is 0 Å². The van der Waals surface area contributed by atoms with Gasteiger partial charge in [0.05, 0.1) is 5.69 Å². The number of hydrogen-bond donors (Lipinski definition) is 0. The Labute approximate surface area is 127 Å². The third-order valence-corrected chi connectivity index (χ3v) is 3.70. The zero-order chi connectivity index (χ0) is 14.7. The molecule has 0 aliphatic rings. The van der Waals surface area contributed by atoms with Crippen molar-refractivity contribution in [1.29, 1.82) is 0 Å². The van der Waals surface area contributed by atoms with Gasteiger partial charge in [0, 0.05) is 23.8 Å². The Kier molecular flexibility index (Phi) is 4.81. The zero-order valence-electron chi connectivity index (χ0n) is 12.2. The molecular weight excluding hydrogens is 318 g/mol. The first-order chi connectivity index (χ1) is 9.58. The fourth-order valence-electron chi connectivity index (χ4n) is 2.40. The van der Waals surface area contributed by atoms with Gasteiger partial charge in [-0.1, -0.05) is 13.8 Å². The molecule has 0 saturated heterocycles. The Morgan fingerprint density at radius 3 is 2.55 bits per heavy atom. The van der Waals surface area contributed by atoms with Gasteiger partial charge in [-0.2, -0.15) is 0 Å². The topological polar surface area (TPSA) is 37.6 Å². The number of amides is 1. The number of pyridine rings is 1. The summed E-state index contributed by atoms with van der Waals surface area (Å²) in [5.41, 5.74) is 2.26. The number of aryl methyl sites for hydroxylation is 1. The molecule has 5 heteroatoms. The Bertz CT molecular complexity index is 615. The minimum atomic E-state index is 0.0665. The normalized spacial score (nSPS) is 11.0. The highest BCUT2D eigenvalue weighted by atomic mass is 79.9. The molecule has 0 radical (unpaired) electrons. The number of aromatic nitrogens is 2. The van der Waals surface area contributed by atoms with Gasteiger partial charge in [0.1, 0.15) is 11.3 Å². The zero-order valence-corrected chi connectivity index (χ0v) is 13.8. The van der Waals surface area contributed by atoms with Gasteiger partial charge in [0.25, 0.3) is 5.91 Å². The van der Waals surface area contributed by atoms with Gasteiger partial charge >= 0.3 is 0 Å². The molecule has 2 rings (SSSR count). The maximum Gasteiger partial charge on any atom is 0.272 e. The SMILES string of the molecule is CCCN(CCC)C(=O)c1c(C)nc2ccc(Br)cn12. The van der Waals surface area contributed by atoms with Gasteiger partial charge in [0.15, 0.2) is 0 Å². The maximum absolute atomic E-state index is 12.8. The van der Waals surface area contributed by atoms with Crippen LogP contribution in [0, 0.1) is 6.92 Å². The molecular formula is C15H20BrN3O. The van der Waals surface area contributed by atoms with E-state index in [9.17, 15) is 4.79 Å². The van der Waals surface area contributed by atoms with Crippen molar-refractivity contribution in [2.24, 2.45) is 0 Å². The van der Waals surface area contributed by atoms with Crippen molar-refractivity contribution in [2.75, 3.05) is 13.1 Å². The number of halogens is 1. The molecule has 0 aliphatic carbocycles. The molecule has 20 heavy (non-hydrogen) atoms. The van der Waals surface area contributed by atoms with E-state index in [-0.39, 0.29) is 5.91 Å². The molecule has 2 heterocycles. The van der Waals surface area contributed by atoms with E-state index in [4.69, 9.17) is 0 Å². The molecule has 0 fully saturated rings. The third-order valence-electron chi connectivity index (χ3n) is 3.23. The second kappa shape index (κ2) is 6.39. The molecule has 0 N–H and O–H groups in total. The van der Waals surface area contributed by atoms with Crippen molar-refractivity contribution in [2.45, 2.75) is 33.6 Å². The van der Waals surface area contributed by atoms with E-state index in [1.807, 2.05) is 34.6 Å². The van der Waals surface area contributed by atoms with Crippen LogP contribution in [0.1, 0.15) is 42.9 Å². The summed E-state index contributed by atoms with van der Waals surface area (Å²) in [6.45, 7) is 7.65. The van der Waals surface area contributed by atoms with Crippen molar-refractivity contribution in [3.05, 3.63) is 34.2 Å². The van der Waals surface area contributed by atoms with E-state index >= 15 is 0 Å². The van der Waals surface area contributed by atoms with Gasteiger partial charge in [-0.25, -0.2) is 4.98 Å². The molecule has 2 aromatic rings. The first kappa shape index (κ1) is 15.0. The Balaban J connectivity index is 2.47. The predicted octanol–water partition coefficient (Wildman–Crippen LogP) is 3.67. The molecule has 2 aromatic heterocycles. The number of rotatable bonds is 5. The van der Waals surface area contributed by atoms with E-state index in [2.05, 4.69) is 34.8 Å². The fraction of sp³-hybridized carbons (Fsp3) is 0.467. The summed E-state index contributed by atoms with van der Waals surface area (Å²) in [6.07, 6.45) is 3.83. The van der Waals surface area contributed by atoms with Crippen LogP contribution in [-0.2, 0) is 0 Å². The van der Waals surface area contributed by atoms with Crippen LogP contribution in [0.5, 0.6) is 0 Å². The first-order valence-corrected chi connectivity index (χ1v) is 7.81. The average molecular weight is 338 g/mol. The van der Waals surface area contributed by atoms with Crippen molar-refractivity contribution in [1.82, 2.24) is 14.3 Å². The average Bonchev–Trinajstić information content (AvgIpc) is 2.73. The minimum absolute atomic E-state index is 0.0665. The summed E-state index contributed by atoms with van der Waals surface area (Å²) in [7, 11) is 0. The van der Waals surface area contributed by atoms with Crippen molar-refractivity contribution in [3.8, 4) is 0 Å². The quantitative estimate of drug-likeness (QED) is 0.834. The molecule has 1 amide bonds. The minimum Gasteiger partial charge on any atom is -0.337 e. The van der Waals surface area contributed by atoms with Gasteiger partial charge in [0.2, 0.25) is 0 Å². The lowest BCUT2D eigenvalue weighted by Crippen LogP contribution is -2.33. The fourth-order valence-corrected chi connectivity index (χ4v) is 2.74. The number of fused-ring (bicyclic) bond motifs is 1. The number of imidazole rings is 1. The van der Waals surface area contributed by atoms with Crippen LogP contribution < -0.4 is 0 Å². The van der Waals surface area contributed by atoms with Crippen LogP contribution in [0.3, 0.4) is 0 Å². The van der Waals surface area contributed by atoms with Crippen LogP contribution in [0.25, 0.3) is 5.65 Å². The lowest BCUT2D eigenvalue weighted by Gasteiger charge is -2.21. The Morgan fingerprint density at radius 1 is 1.30 bits per heavy atom. The van der Waals surface area contributed by atoms with Gasteiger partial charge in [-0.05, 0) is 47.8 Å². The highest BCUT2D eigenvalue weighted by Gasteiger charge is 2.21. The van der Waals surface area contributed by atoms with E-state index in [1.54, 1.807) is 0 Å². The van der Waals surface area contributed by atoms with Gasteiger partial charge in [-0.15, -0.1) is 0 Å². The van der Waals surface area contributed by atoms with Crippen LogP contribution in [-0.4, -0.2) is 33.3 Å². The highest BCUT2D eigenvalue weighted by molar-refractivity contribution is 9.10. The molecule has 0 bridgehead atoms. The number of nitrogens with zero attached hydrogens (tertiary/aromatic N) is 3. The second-order valence-corrected chi connectivity index (χ2v) is 5.83. The highest BCUT2D eigenvalue weighted by Crippen LogP contribution is 2.18. The van der Waals surface area contributed by atoms with E-state index in [0.29, 0.717) is 5.69 Å². The number of carbonyl (C=O) groups is 1. The van der Waals surface area contributed by atoms with E-state index in [1.165, 1.54) is 0 Å². The Hall–Kier alpha value is -1.36. The molecule has 108 valence electrons. The lowest BCUT2D eigenvalue weighted by atomic mass is 10.2. The van der Waals surface area contributed by atoms with Crippen LogP contribution >= 0.6 is 15.9 Å². The molecule has 0 atom stereocenters. The van der Waals surface area contributed by atoms with Crippen LogP contribution in [0.15, 0.2) is 22.8 Å². The standard InChI is InChI=1S/C15H20BrN3O/c1-4-8-18(9-5-2)15(20)14-11(3)17-13-7-6-12(16)10-19(13)14/h6-7,10H,4-5,8-9H2,1-3H3. The molecule has 4 nitrogen and oxygen atoms in total. The summed E-state index contributed by atoms with van der Waals surface area (Å²) in [5, 5.41) is 0. The van der Waals surface area contributed by atoms with E-state index in [0.717, 1.165) is 41.7 Å². The summed E-state index contributed by atoms with van der Waals surface area (Å²) in [5.74, 6) is 0.0665. The summed E-state index contributed by atoms with van der Waals surface area (Å²) in [6, 6.07) is 3.85. The largest absolute Gasteiger partial charge is 0.337 e. The van der Waals surface area contributed by atoms with Crippen molar-refractivity contribution < 1.29 is 4.79 Å². The number of carbonyl (C=O) groups excluding carboxylic acids is 1. The predicted molar refractivity (Wildman–Crippen MR) is 84.1 cm³/mol. The van der Waals surface area contributed by atoms with Gasteiger partial charge in [-0.3, -0.25) is 9.20 Å². The third kappa shape index (κ3) is 2.87. The Morgan fingerprint density at radius 2 is 1.95 bits per heavy atom. The smallest absolute Gasteiger partial charge is 0.272 e. The van der Waals surface area contributed by atoms with Crippen molar-refractivity contribution in [3.63, 3.8) is 0 Å². The molecule has 0 unspecified atom stereocenters.